The number of phenolic OH excluding ortho intramolecular Hbond substituents is 1. The van der Waals surface area contributed by atoms with Gasteiger partial charge in [0.15, 0.2) is 5.01 Å². The Morgan fingerprint density at radius 1 is 1.00 bits per heavy atom. The van der Waals surface area contributed by atoms with Crippen molar-refractivity contribution in [2.45, 2.75) is 51.4 Å². The molecule has 0 aliphatic carbocycles. The highest BCUT2D eigenvalue weighted by Gasteiger charge is 2.49. The molecule has 1 saturated heterocycles. The van der Waals surface area contributed by atoms with Gasteiger partial charge in [-0.1, -0.05) is 39.0 Å². The normalized spacial score (nSPS) is 16.5. The van der Waals surface area contributed by atoms with Crippen LogP contribution in [0, 0.1) is 11.2 Å². The Balaban J connectivity index is 1.41. The van der Waals surface area contributed by atoms with Gasteiger partial charge in [-0.05, 0) is 55.1 Å². The van der Waals surface area contributed by atoms with E-state index in [9.17, 15) is 36.2 Å². The Morgan fingerprint density at radius 2 is 1.70 bits per heavy atom. The number of hydrogen-bond donors (Lipinski definition) is 3. The van der Waals surface area contributed by atoms with E-state index in [1.807, 2.05) is 0 Å². The van der Waals surface area contributed by atoms with Crippen molar-refractivity contribution < 1.29 is 40.6 Å². The van der Waals surface area contributed by atoms with Crippen LogP contribution in [0.2, 0.25) is 0 Å². The molecule has 6 rings (SSSR count). The van der Waals surface area contributed by atoms with Crippen molar-refractivity contribution in [3.63, 3.8) is 0 Å². The van der Waals surface area contributed by atoms with Gasteiger partial charge in [-0.3, -0.25) is 10.3 Å². The number of amides is 2. The van der Waals surface area contributed by atoms with Gasteiger partial charge >= 0.3 is 18.4 Å². The second-order valence-corrected chi connectivity index (χ2v) is 14.6. The summed E-state index contributed by atoms with van der Waals surface area (Å²) in [5.74, 6) is -1.53. The van der Waals surface area contributed by atoms with Crippen molar-refractivity contribution in [3.05, 3.63) is 76.1 Å². The molecule has 4 heterocycles. The number of carbonyl (C=O) groups excluding carboxylic acids is 1. The highest BCUT2D eigenvalue weighted by Crippen LogP contribution is 2.58. The lowest BCUT2D eigenvalue weighted by atomic mass is 9.71. The molecular weight excluding hydrogens is 689 g/mol. The topological polar surface area (TPSA) is 93.6 Å². The van der Waals surface area contributed by atoms with E-state index in [-0.39, 0.29) is 40.3 Å². The number of phenols is 1. The first-order valence-corrected chi connectivity index (χ1v) is 16.5. The summed E-state index contributed by atoms with van der Waals surface area (Å²) < 4.78 is 95.4. The van der Waals surface area contributed by atoms with E-state index in [1.165, 1.54) is 6.07 Å². The molecule has 266 valence electrons. The number of fused-ring (bicyclic) bond motifs is 2. The van der Waals surface area contributed by atoms with Crippen LogP contribution in [0.25, 0.3) is 11.1 Å². The van der Waals surface area contributed by atoms with Gasteiger partial charge in [-0.15, -0.1) is 11.3 Å². The number of rotatable bonds is 5. The predicted octanol–water partition coefficient (Wildman–Crippen LogP) is 9.26. The summed E-state index contributed by atoms with van der Waals surface area (Å²) in [5, 5.41) is 16.3. The van der Waals surface area contributed by atoms with E-state index in [1.54, 1.807) is 29.2 Å². The maximum absolute atomic E-state index is 16.0. The third kappa shape index (κ3) is 7.08. The number of aromatic nitrogens is 2. The third-order valence-corrected chi connectivity index (χ3v) is 9.66. The lowest BCUT2D eigenvalue weighted by molar-refractivity contribution is -0.141. The molecule has 50 heavy (non-hydrogen) atoms. The number of piperidine rings is 1. The molecule has 3 N–H and O–H groups in total. The average molecular weight is 723 g/mol. The third-order valence-electron chi connectivity index (χ3n) is 8.78. The lowest BCUT2D eigenvalue weighted by Crippen LogP contribution is -2.47. The number of nitrogens with zero attached hydrogens (tertiary/aromatic N) is 4. The number of pyridine rings is 1. The van der Waals surface area contributed by atoms with Gasteiger partial charge in [-0.25, -0.2) is 14.2 Å². The molecule has 0 bridgehead atoms. The maximum Gasteiger partial charge on any atom is 0.443 e. The van der Waals surface area contributed by atoms with E-state index in [0.29, 0.717) is 48.5 Å². The largest absolute Gasteiger partial charge is 0.506 e. The van der Waals surface area contributed by atoms with Gasteiger partial charge < -0.3 is 20.2 Å². The quantitative estimate of drug-likeness (QED) is 0.178. The summed E-state index contributed by atoms with van der Waals surface area (Å²) in [6.45, 7) is 8.65. The van der Waals surface area contributed by atoms with E-state index >= 15 is 4.39 Å². The van der Waals surface area contributed by atoms with Crippen LogP contribution < -0.4 is 15.5 Å². The number of benzene rings is 2. The Hall–Kier alpha value is -4.44. The Kier molecular flexibility index (Phi) is 9.00. The fourth-order valence-corrected chi connectivity index (χ4v) is 7.46. The summed E-state index contributed by atoms with van der Waals surface area (Å²) in [7, 11) is 0. The molecule has 2 aliphatic rings. The fraction of sp³-hybridized carbons (Fsp3) is 0.382. The fourth-order valence-electron chi connectivity index (χ4n) is 6.84. The molecule has 8 nitrogen and oxygen atoms in total. The van der Waals surface area contributed by atoms with E-state index in [4.69, 9.17) is 0 Å². The van der Waals surface area contributed by atoms with Gasteiger partial charge in [0.1, 0.15) is 23.1 Å². The molecule has 1 spiro atoms. The molecule has 4 aromatic rings. The minimum Gasteiger partial charge on any atom is -0.506 e. The number of para-hydroxylation sites is 2. The molecule has 16 heteroatoms. The molecule has 2 aliphatic heterocycles. The van der Waals surface area contributed by atoms with E-state index in [2.05, 4.69) is 46.3 Å². The van der Waals surface area contributed by atoms with Crippen LogP contribution >= 0.6 is 11.3 Å². The van der Waals surface area contributed by atoms with Crippen LogP contribution in [0.15, 0.2) is 54.0 Å². The van der Waals surface area contributed by atoms with Crippen molar-refractivity contribution in [3.8, 4) is 16.9 Å². The summed E-state index contributed by atoms with van der Waals surface area (Å²) >= 11 is 0.331. The van der Waals surface area contributed by atoms with Gasteiger partial charge in [0.2, 0.25) is 0 Å². The van der Waals surface area contributed by atoms with E-state index < -0.39 is 46.1 Å². The van der Waals surface area contributed by atoms with Crippen LogP contribution in [0.1, 0.15) is 49.9 Å². The number of nitrogens with one attached hydrogen (secondary N) is 2. The number of carbonyl (C=O) groups is 1. The SMILES string of the molecule is CC(C)(C)CN1CCC2(CC1)CN(c1ccccc1NC(=O)Nc1csc(C(F)(F)F)n1)c1c(O)cc(F)c(-c3ccc(C(F)(F)F)nc3)c12. The number of halogens is 7. The molecule has 1 fully saturated rings. The summed E-state index contributed by atoms with van der Waals surface area (Å²) in [4.78, 5) is 24.0. The number of thiazole rings is 1. The van der Waals surface area contributed by atoms with Crippen LogP contribution in [-0.4, -0.2) is 52.2 Å². The monoisotopic (exact) mass is 722 g/mol. The molecule has 0 saturated carbocycles. The summed E-state index contributed by atoms with van der Waals surface area (Å²) in [5.41, 5.74) is -0.487. The lowest BCUT2D eigenvalue weighted by Gasteiger charge is -2.42. The zero-order chi connectivity index (χ0) is 36.2. The first-order chi connectivity index (χ1) is 23.3. The highest BCUT2D eigenvalue weighted by atomic mass is 32.1. The standard InChI is InChI=1S/C34H33F7N6O2S/c1-31(2,3)17-46-12-10-32(11-13-46)18-47(22-7-5-4-6-21(22)43-30(49)45-25-16-50-29(44-25)34(39,40)41)28-23(48)14-20(35)26(27(28)32)19-8-9-24(42-15-19)33(36,37)38/h4-9,14-16,48H,10-13,17-18H2,1-3H3,(H2,43,45,49). The number of urea groups is 1. The number of aromatic hydroxyl groups is 1. The second-order valence-electron chi connectivity index (χ2n) is 13.7. The van der Waals surface area contributed by atoms with Crippen molar-refractivity contribution in [1.82, 2.24) is 14.9 Å². The molecule has 2 aromatic heterocycles. The minimum absolute atomic E-state index is 0.00357. The van der Waals surface area contributed by atoms with Gasteiger partial charge in [0, 0.05) is 47.3 Å². The average Bonchev–Trinajstić information content (AvgIpc) is 3.62. The molecule has 2 aromatic carbocycles. The number of anilines is 4. The van der Waals surface area contributed by atoms with E-state index in [0.717, 1.165) is 30.3 Å². The number of likely N-dealkylation sites (tertiary alicyclic amines) is 1. The number of hydrogen-bond acceptors (Lipinski definition) is 7. The van der Waals surface area contributed by atoms with Crippen LogP contribution in [-0.2, 0) is 17.8 Å². The van der Waals surface area contributed by atoms with Crippen LogP contribution in [0.5, 0.6) is 5.75 Å². The Morgan fingerprint density at radius 3 is 2.30 bits per heavy atom. The Labute approximate surface area is 287 Å². The van der Waals surface area contributed by atoms with Crippen molar-refractivity contribution in [2.24, 2.45) is 5.41 Å². The molecule has 0 atom stereocenters. The van der Waals surface area contributed by atoms with Crippen LogP contribution in [0.4, 0.5) is 58.4 Å². The maximum atomic E-state index is 16.0. The highest BCUT2D eigenvalue weighted by molar-refractivity contribution is 7.10. The van der Waals surface area contributed by atoms with Crippen molar-refractivity contribution >= 4 is 40.2 Å². The zero-order valence-corrected chi connectivity index (χ0v) is 28.0. The summed E-state index contributed by atoms with van der Waals surface area (Å²) in [6.07, 6.45) is -7.34. The smallest absolute Gasteiger partial charge is 0.443 e. The predicted molar refractivity (Wildman–Crippen MR) is 176 cm³/mol. The number of alkyl halides is 6. The summed E-state index contributed by atoms with van der Waals surface area (Å²) in [6, 6.07) is 8.54. The first kappa shape index (κ1) is 35.4. The minimum atomic E-state index is -4.70. The van der Waals surface area contributed by atoms with Gasteiger partial charge in [0.05, 0.1) is 17.1 Å². The van der Waals surface area contributed by atoms with Crippen molar-refractivity contribution in [1.29, 1.82) is 0 Å². The molecule has 0 unspecified atom stereocenters. The Bertz CT molecular complexity index is 1900. The van der Waals surface area contributed by atoms with Crippen LogP contribution in [0.3, 0.4) is 0 Å². The first-order valence-electron chi connectivity index (χ1n) is 15.6. The molecule has 2 amide bonds. The van der Waals surface area contributed by atoms with Gasteiger partial charge in [-0.2, -0.15) is 26.3 Å². The van der Waals surface area contributed by atoms with Gasteiger partial charge in [0.25, 0.3) is 0 Å². The van der Waals surface area contributed by atoms with Crippen molar-refractivity contribution in [2.75, 3.05) is 41.7 Å². The second kappa shape index (κ2) is 12.7. The molecule has 0 radical (unpaired) electrons. The molecular formula is C34H33F7N6O2S. The zero-order valence-electron chi connectivity index (χ0n) is 27.1.